The monoisotopic (exact) mass is 363 g/mol. The third-order valence-electron chi connectivity index (χ3n) is 4.94. The number of rotatable bonds is 5. The number of imidazole rings is 1. The maximum Gasteiger partial charge on any atom is 0.135 e. The van der Waals surface area contributed by atoms with Crippen LogP contribution in [0.25, 0.3) is 0 Å². The van der Waals surface area contributed by atoms with Gasteiger partial charge in [-0.2, -0.15) is 0 Å². The highest BCUT2D eigenvalue weighted by Crippen LogP contribution is 2.33. The van der Waals surface area contributed by atoms with E-state index in [1.54, 1.807) is 6.20 Å². The molecule has 1 aliphatic heterocycles. The van der Waals surface area contributed by atoms with Crippen molar-refractivity contribution < 1.29 is 0 Å². The van der Waals surface area contributed by atoms with Crippen molar-refractivity contribution in [2.45, 2.75) is 39.3 Å². The van der Waals surface area contributed by atoms with E-state index in [1.165, 1.54) is 6.42 Å². The first-order chi connectivity index (χ1) is 13.1. The molecule has 0 spiro atoms. The second kappa shape index (κ2) is 7.44. The summed E-state index contributed by atoms with van der Waals surface area (Å²) in [5.74, 6) is 2.40. The van der Waals surface area contributed by atoms with Crippen LogP contribution in [0.1, 0.15) is 41.7 Å². The maximum absolute atomic E-state index is 4.74. The van der Waals surface area contributed by atoms with Gasteiger partial charge in [-0.25, -0.2) is 19.9 Å². The Bertz CT molecular complexity index is 934. The number of pyridine rings is 1. The van der Waals surface area contributed by atoms with E-state index in [4.69, 9.17) is 4.98 Å². The predicted molar refractivity (Wildman–Crippen MR) is 105 cm³/mol. The molecule has 27 heavy (non-hydrogen) atoms. The topological polar surface area (TPSA) is 71.8 Å². The zero-order valence-electron chi connectivity index (χ0n) is 16.1. The molecule has 1 aliphatic rings. The van der Waals surface area contributed by atoms with Crippen LogP contribution in [0.5, 0.6) is 0 Å². The lowest BCUT2D eigenvalue weighted by Gasteiger charge is -2.23. The SMILES string of the molecule is Cc1nc(Nc2ncccc2C)cc([C@H]2CCCN2Cc2cn(C)cn2)n1. The van der Waals surface area contributed by atoms with Gasteiger partial charge in [-0.3, -0.25) is 4.90 Å². The van der Waals surface area contributed by atoms with E-state index in [-0.39, 0.29) is 0 Å². The predicted octanol–water partition coefficient (Wildman–Crippen LogP) is 3.30. The smallest absolute Gasteiger partial charge is 0.135 e. The quantitative estimate of drug-likeness (QED) is 0.750. The van der Waals surface area contributed by atoms with Crippen molar-refractivity contribution in [2.75, 3.05) is 11.9 Å². The second-order valence-electron chi connectivity index (χ2n) is 7.18. The Labute approximate surface area is 159 Å². The van der Waals surface area contributed by atoms with Gasteiger partial charge in [0.15, 0.2) is 0 Å². The molecule has 0 amide bonds. The van der Waals surface area contributed by atoms with Gasteiger partial charge in [-0.05, 0) is 44.9 Å². The summed E-state index contributed by atoms with van der Waals surface area (Å²) in [6.45, 7) is 5.89. The van der Waals surface area contributed by atoms with Gasteiger partial charge in [-0.15, -0.1) is 0 Å². The van der Waals surface area contributed by atoms with Gasteiger partial charge >= 0.3 is 0 Å². The summed E-state index contributed by atoms with van der Waals surface area (Å²) in [6, 6.07) is 6.32. The summed E-state index contributed by atoms with van der Waals surface area (Å²) < 4.78 is 1.99. The summed E-state index contributed by atoms with van der Waals surface area (Å²) >= 11 is 0. The van der Waals surface area contributed by atoms with Gasteiger partial charge in [0.1, 0.15) is 17.5 Å². The molecule has 1 saturated heterocycles. The van der Waals surface area contributed by atoms with Crippen LogP contribution in [0.15, 0.2) is 36.9 Å². The summed E-state index contributed by atoms with van der Waals surface area (Å²) in [7, 11) is 2.00. The van der Waals surface area contributed by atoms with Crippen LogP contribution < -0.4 is 5.32 Å². The van der Waals surface area contributed by atoms with Gasteiger partial charge in [-0.1, -0.05) is 6.07 Å². The van der Waals surface area contributed by atoms with Crippen LogP contribution in [0.4, 0.5) is 11.6 Å². The fourth-order valence-electron chi connectivity index (χ4n) is 3.67. The number of anilines is 2. The van der Waals surface area contributed by atoms with Gasteiger partial charge in [0.25, 0.3) is 0 Å². The minimum Gasteiger partial charge on any atom is -0.340 e. The molecular weight excluding hydrogens is 338 g/mol. The molecule has 7 nitrogen and oxygen atoms in total. The van der Waals surface area contributed by atoms with E-state index in [0.717, 1.165) is 53.9 Å². The van der Waals surface area contributed by atoms with Gasteiger partial charge in [0.2, 0.25) is 0 Å². The van der Waals surface area contributed by atoms with E-state index >= 15 is 0 Å². The van der Waals surface area contributed by atoms with Crippen molar-refractivity contribution in [1.29, 1.82) is 0 Å². The molecule has 1 N–H and O–H groups in total. The molecule has 0 radical (unpaired) electrons. The fourth-order valence-corrected chi connectivity index (χ4v) is 3.67. The number of aromatic nitrogens is 5. The molecule has 0 aliphatic carbocycles. The van der Waals surface area contributed by atoms with E-state index in [0.29, 0.717) is 6.04 Å². The summed E-state index contributed by atoms with van der Waals surface area (Å²) in [4.78, 5) is 20.6. The van der Waals surface area contributed by atoms with Crippen LogP contribution in [-0.2, 0) is 13.6 Å². The third-order valence-corrected chi connectivity index (χ3v) is 4.94. The Hall–Kier alpha value is -2.80. The molecular formula is C20H25N7. The number of aryl methyl sites for hydroxylation is 3. The highest BCUT2D eigenvalue weighted by molar-refractivity contribution is 5.55. The molecule has 7 heteroatoms. The van der Waals surface area contributed by atoms with Gasteiger partial charge < -0.3 is 9.88 Å². The average Bonchev–Trinajstić information content (AvgIpc) is 3.26. The van der Waals surface area contributed by atoms with Crippen molar-refractivity contribution in [3.05, 3.63) is 59.7 Å². The van der Waals surface area contributed by atoms with Crippen LogP contribution in [-0.4, -0.2) is 35.9 Å². The zero-order chi connectivity index (χ0) is 18.8. The Kier molecular flexibility index (Phi) is 4.85. The van der Waals surface area contributed by atoms with Crippen molar-refractivity contribution >= 4 is 11.6 Å². The van der Waals surface area contributed by atoms with Crippen molar-refractivity contribution in [3.8, 4) is 0 Å². The number of likely N-dealkylation sites (tertiary alicyclic amines) is 1. The molecule has 3 aromatic heterocycles. The fraction of sp³-hybridized carbons (Fsp3) is 0.400. The number of hydrogen-bond donors (Lipinski definition) is 1. The van der Waals surface area contributed by atoms with Crippen LogP contribution >= 0.6 is 0 Å². The molecule has 140 valence electrons. The van der Waals surface area contributed by atoms with E-state index < -0.39 is 0 Å². The largest absolute Gasteiger partial charge is 0.340 e. The Morgan fingerprint density at radius 2 is 2.11 bits per heavy atom. The second-order valence-corrected chi connectivity index (χ2v) is 7.18. The molecule has 4 rings (SSSR count). The van der Waals surface area contributed by atoms with E-state index in [1.807, 2.05) is 43.9 Å². The van der Waals surface area contributed by atoms with Crippen LogP contribution in [0.2, 0.25) is 0 Å². The molecule has 0 unspecified atom stereocenters. The molecule has 0 saturated carbocycles. The molecule has 0 bridgehead atoms. The van der Waals surface area contributed by atoms with Crippen molar-refractivity contribution in [3.63, 3.8) is 0 Å². The highest BCUT2D eigenvalue weighted by atomic mass is 15.2. The summed E-state index contributed by atoms with van der Waals surface area (Å²) in [5.41, 5.74) is 3.25. The lowest BCUT2D eigenvalue weighted by Crippen LogP contribution is -2.24. The van der Waals surface area contributed by atoms with Gasteiger partial charge in [0.05, 0.1) is 23.8 Å². The van der Waals surface area contributed by atoms with Crippen LogP contribution in [0, 0.1) is 13.8 Å². The lowest BCUT2D eigenvalue weighted by molar-refractivity contribution is 0.241. The number of nitrogens with zero attached hydrogens (tertiary/aromatic N) is 6. The van der Waals surface area contributed by atoms with E-state index in [2.05, 4.69) is 37.4 Å². The first-order valence-electron chi connectivity index (χ1n) is 9.33. The average molecular weight is 363 g/mol. The summed E-state index contributed by atoms with van der Waals surface area (Å²) in [5, 5.41) is 3.35. The van der Waals surface area contributed by atoms with Crippen LogP contribution in [0.3, 0.4) is 0 Å². The van der Waals surface area contributed by atoms with Crippen molar-refractivity contribution in [1.82, 2.24) is 29.4 Å². The van der Waals surface area contributed by atoms with Gasteiger partial charge in [0, 0.05) is 32.1 Å². The normalized spacial score (nSPS) is 17.4. The Morgan fingerprint density at radius 1 is 1.22 bits per heavy atom. The third kappa shape index (κ3) is 3.98. The Balaban J connectivity index is 1.57. The first kappa shape index (κ1) is 17.6. The standard InChI is InChI=1S/C20H25N7/c1-14-6-4-8-21-20(14)25-19-10-17(23-15(2)24-19)18-7-5-9-27(18)12-16-11-26(3)13-22-16/h4,6,8,10-11,13,18H,5,7,9,12H2,1-3H3,(H,21,23,24,25)/t18-/m1/s1. The van der Waals surface area contributed by atoms with E-state index in [9.17, 15) is 0 Å². The zero-order valence-corrected chi connectivity index (χ0v) is 16.1. The maximum atomic E-state index is 4.74. The summed E-state index contributed by atoms with van der Waals surface area (Å²) in [6.07, 6.45) is 7.99. The molecule has 1 atom stereocenters. The number of nitrogens with one attached hydrogen (secondary N) is 1. The molecule has 0 aromatic carbocycles. The minimum absolute atomic E-state index is 0.291. The first-order valence-corrected chi connectivity index (χ1v) is 9.33. The number of hydrogen-bond acceptors (Lipinski definition) is 6. The highest BCUT2D eigenvalue weighted by Gasteiger charge is 2.28. The lowest BCUT2D eigenvalue weighted by atomic mass is 10.1. The van der Waals surface area contributed by atoms with Crippen molar-refractivity contribution in [2.24, 2.45) is 7.05 Å². The molecule has 1 fully saturated rings. The Morgan fingerprint density at radius 3 is 2.89 bits per heavy atom. The molecule has 4 heterocycles. The molecule has 3 aromatic rings. The minimum atomic E-state index is 0.291.